The summed E-state index contributed by atoms with van der Waals surface area (Å²) in [5.74, 6) is -1.25. The summed E-state index contributed by atoms with van der Waals surface area (Å²) < 4.78 is 16.0. The number of anilines is 1. The van der Waals surface area contributed by atoms with E-state index in [1.54, 1.807) is 6.20 Å². The van der Waals surface area contributed by atoms with Gasteiger partial charge in [-0.1, -0.05) is 30.0 Å². The molecule has 0 saturated carbocycles. The van der Waals surface area contributed by atoms with Crippen molar-refractivity contribution in [3.8, 4) is 5.69 Å². The molecule has 26 heavy (non-hydrogen) atoms. The molecule has 0 aliphatic heterocycles. The molecule has 0 spiro atoms. The highest BCUT2D eigenvalue weighted by atomic mass is 32.2. The van der Waals surface area contributed by atoms with Crippen LogP contribution in [-0.2, 0) is 4.79 Å². The van der Waals surface area contributed by atoms with E-state index in [-0.39, 0.29) is 23.0 Å². The third kappa shape index (κ3) is 4.18. The summed E-state index contributed by atoms with van der Waals surface area (Å²) >= 11 is 1.24. The van der Waals surface area contributed by atoms with E-state index in [9.17, 15) is 14.0 Å². The number of ketones is 1. The van der Waals surface area contributed by atoms with Crippen LogP contribution in [-0.4, -0.2) is 27.0 Å². The number of hydrogen-bond donors (Lipinski definition) is 1. The predicted octanol–water partition coefficient (Wildman–Crippen LogP) is 3.94. The van der Waals surface area contributed by atoms with Crippen LogP contribution in [0.15, 0.2) is 66.1 Å². The Morgan fingerprint density at radius 2 is 1.96 bits per heavy atom. The van der Waals surface area contributed by atoms with E-state index in [1.807, 2.05) is 41.1 Å². The zero-order valence-electron chi connectivity index (χ0n) is 14.0. The fourth-order valence-electron chi connectivity index (χ4n) is 2.41. The lowest BCUT2D eigenvalue weighted by atomic mass is 10.1. The molecule has 0 saturated heterocycles. The number of rotatable bonds is 6. The number of imidazole rings is 1. The number of nitrogens with one attached hydrogen (secondary N) is 1. The minimum atomic E-state index is -0.659. The van der Waals surface area contributed by atoms with E-state index in [1.165, 1.54) is 30.8 Å². The van der Waals surface area contributed by atoms with Crippen LogP contribution >= 0.6 is 11.8 Å². The SMILES string of the molecule is CC(=O)Nc1ccc(C(=O)CSc2nccn2-c2ccccc2)c(F)c1. The number of hydrogen-bond acceptors (Lipinski definition) is 4. The zero-order valence-corrected chi connectivity index (χ0v) is 14.8. The van der Waals surface area contributed by atoms with Crippen molar-refractivity contribution in [1.82, 2.24) is 9.55 Å². The summed E-state index contributed by atoms with van der Waals surface area (Å²) in [5.41, 5.74) is 1.24. The molecule has 0 aliphatic rings. The molecule has 1 aromatic heterocycles. The molecule has 7 heteroatoms. The Hall–Kier alpha value is -2.93. The quantitative estimate of drug-likeness (QED) is 0.528. The van der Waals surface area contributed by atoms with Gasteiger partial charge in [-0.15, -0.1) is 0 Å². The van der Waals surface area contributed by atoms with Crippen LogP contribution in [0.3, 0.4) is 0 Å². The van der Waals surface area contributed by atoms with Gasteiger partial charge in [0, 0.05) is 30.7 Å². The van der Waals surface area contributed by atoms with Crippen LogP contribution in [0.1, 0.15) is 17.3 Å². The molecule has 0 aliphatic carbocycles. The van der Waals surface area contributed by atoms with E-state index in [4.69, 9.17) is 0 Å². The normalized spacial score (nSPS) is 10.5. The van der Waals surface area contributed by atoms with Gasteiger partial charge in [-0.3, -0.25) is 14.2 Å². The topological polar surface area (TPSA) is 64.0 Å². The number of para-hydroxylation sites is 1. The van der Waals surface area contributed by atoms with Crippen molar-refractivity contribution in [2.45, 2.75) is 12.1 Å². The van der Waals surface area contributed by atoms with Gasteiger partial charge in [0.2, 0.25) is 5.91 Å². The zero-order chi connectivity index (χ0) is 18.5. The number of aromatic nitrogens is 2. The van der Waals surface area contributed by atoms with E-state index < -0.39 is 5.82 Å². The number of benzene rings is 2. The second kappa shape index (κ2) is 7.97. The van der Waals surface area contributed by atoms with Crippen molar-refractivity contribution in [2.24, 2.45) is 0 Å². The van der Waals surface area contributed by atoms with Crippen molar-refractivity contribution in [2.75, 3.05) is 11.1 Å². The van der Waals surface area contributed by atoms with E-state index in [2.05, 4.69) is 10.3 Å². The fraction of sp³-hybridized carbons (Fsp3) is 0.105. The Labute approximate surface area is 154 Å². The monoisotopic (exact) mass is 369 g/mol. The molecular weight excluding hydrogens is 353 g/mol. The minimum Gasteiger partial charge on any atom is -0.326 e. The number of thioether (sulfide) groups is 1. The number of nitrogens with zero attached hydrogens (tertiary/aromatic N) is 2. The number of Topliss-reactive ketones (excluding diaryl/α,β-unsaturated/α-hetero) is 1. The minimum absolute atomic E-state index is 0.00980. The van der Waals surface area contributed by atoms with Crippen molar-refractivity contribution >= 4 is 29.1 Å². The Bertz CT molecular complexity index is 941. The van der Waals surface area contributed by atoms with Gasteiger partial charge in [0.05, 0.1) is 11.3 Å². The summed E-state index contributed by atoms with van der Waals surface area (Å²) in [4.78, 5) is 27.6. The standard InChI is InChI=1S/C19H16FN3O2S/c1-13(24)22-14-7-8-16(17(20)11-14)18(25)12-26-19-21-9-10-23(19)15-5-3-2-4-6-15/h2-11H,12H2,1H3,(H,22,24). The third-order valence-electron chi connectivity index (χ3n) is 3.56. The molecule has 0 atom stereocenters. The molecule has 132 valence electrons. The molecule has 3 rings (SSSR count). The summed E-state index contributed by atoms with van der Waals surface area (Å²) in [6.07, 6.45) is 3.47. The van der Waals surface area contributed by atoms with Crippen molar-refractivity contribution in [3.63, 3.8) is 0 Å². The maximum absolute atomic E-state index is 14.2. The van der Waals surface area contributed by atoms with Crippen molar-refractivity contribution in [1.29, 1.82) is 0 Å². The van der Waals surface area contributed by atoms with E-state index >= 15 is 0 Å². The van der Waals surface area contributed by atoms with Gasteiger partial charge in [-0.25, -0.2) is 9.37 Å². The smallest absolute Gasteiger partial charge is 0.221 e. The first kappa shape index (κ1) is 17.9. The summed E-state index contributed by atoms with van der Waals surface area (Å²) in [6, 6.07) is 13.7. The van der Waals surface area contributed by atoms with Gasteiger partial charge in [0.15, 0.2) is 10.9 Å². The molecule has 1 amide bonds. The highest BCUT2D eigenvalue weighted by Crippen LogP contribution is 2.23. The average molecular weight is 369 g/mol. The predicted molar refractivity (Wildman–Crippen MR) is 99.3 cm³/mol. The summed E-state index contributed by atoms with van der Waals surface area (Å²) in [5, 5.41) is 3.14. The largest absolute Gasteiger partial charge is 0.326 e. The molecule has 5 nitrogen and oxygen atoms in total. The average Bonchev–Trinajstić information content (AvgIpc) is 3.08. The van der Waals surface area contributed by atoms with Gasteiger partial charge in [0.25, 0.3) is 0 Å². The maximum Gasteiger partial charge on any atom is 0.221 e. The van der Waals surface area contributed by atoms with Crippen LogP contribution in [0.4, 0.5) is 10.1 Å². The van der Waals surface area contributed by atoms with Crippen molar-refractivity contribution in [3.05, 3.63) is 72.3 Å². The molecule has 0 radical (unpaired) electrons. The molecule has 1 heterocycles. The Balaban J connectivity index is 1.70. The number of carbonyl (C=O) groups is 2. The second-order valence-electron chi connectivity index (χ2n) is 5.50. The third-order valence-corrected chi connectivity index (χ3v) is 4.53. The highest BCUT2D eigenvalue weighted by molar-refractivity contribution is 7.99. The summed E-state index contributed by atoms with van der Waals surface area (Å²) in [6.45, 7) is 1.34. The maximum atomic E-state index is 14.2. The van der Waals surface area contributed by atoms with Crippen LogP contribution in [0, 0.1) is 5.82 Å². The first-order chi connectivity index (χ1) is 12.5. The van der Waals surface area contributed by atoms with Crippen LogP contribution in [0.5, 0.6) is 0 Å². The lowest BCUT2D eigenvalue weighted by Gasteiger charge is -2.08. The first-order valence-corrected chi connectivity index (χ1v) is 8.85. The molecule has 0 bridgehead atoms. The molecule has 2 aromatic carbocycles. The Morgan fingerprint density at radius 1 is 1.19 bits per heavy atom. The van der Waals surface area contributed by atoms with Gasteiger partial charge >= 0.3 is 0 Å². The number of amides is 1. The fourth-order valence-corrected chi connectivity index (χ4v) is 3.27. The first-order valence-electron chi connectivity index (χ1n) is 7.86. The van der Waals surface area contributed by atoms with E-state index in [0.29, 0.717) is 10.8 Å². The lowest BCUT2D eigenvalue weighted by Crippen LogP contribution is -2.09. The lowest BCUT2D eigenvalue weighted by molar-refractivity contribution is -0.114. The van der Waals surface area contributed by atoms with Crippen LogP contribution in [0.25, 0.3) is 5.69 Å². The van der Waals surface area contributed by atoms with Gasteiger partial charge in [-0.05, 0) is 30.3 Å². The van der Waals surface area contributed by atoms with Crippen LogP contribution in [0.2, 0.25) is 0 Å². The molecule has 0 unspecified atom stereocenters. The highest BCUT2D eigenvalue weighted by Gasteiger charge is 2.15. The van der Waals surface area contributed by atoms with Crippen molar-refractivity contribution < 1.29 is 14.0 Å². The van der Waals surface area contributed by atoms with Gasteiger partial charge in [0.1, 0.15) is 5.82 Å². The Kier molecular flexibility index (Phi) is 5.48. The van der Waals surface area contributed by atoms with Gasteiger partial charge in [-0.2, -0.15) is 0 Å². The van der Waals surface area contributed by atoms with Gasteiger partial charge < -0.3 is 5.32 Å². The van der Waals surface area contributed by atoms with E-state index in [0.717, 1.165) is 11.8 Å². The second-order valence-corrected chi connectivity index (χ2v) is 6.45. The Morgan fingerprint density at radius 3 is 2.65 bits per heavy atom. The number of halogens is 1. The summed E-state index contributed by atoms with van der Waals surface area (Å²) in [7, 11) is 0. The molecule has 3 aromatic rings. The molecule has 0 fully saturated rings. The molecule has 1 N–H and O–H groups in total. The molecular formula is C19H16FN3O2S. The van der Waals surface area contributed by atoms with Crippen LogP contribution < -0.4 is 5.32 Å². The number of carbonyl (C=O) groups excluding carboxylic acids is 2.